The molecule has 0 saturated carbocycles. The topological polar surface area (TPSA) is 66.9 Å². The lowest BCUT2D eigenvalue weighted by molar-refractivity contribution is -0.116. The maximum absolute atomic E-state index is 11.8. The third-order valence-electron chi connectivity index (χ3n) is 2.91. The molecule has 2 N–H and O–H groups in total. The second-order valence-electron chi connectivity index (χ2n) is 5.71. The van der Waals surface area contributed by atoms with Crippen LogP contribution in [0.1, 0.15) is 45.0 Å². The van der Waals surface area contributed by atoms with Crippen LogP contribution in [0.3, 0.4) is 0 Å². The number of carbonyl (C=O) groups excluding carboxylic acids is 1. The van der Waals surface area contributed by atoms with Gasteiger partial charge in [-0.2, -0.15) is 0 Å². The quantitative estimate of drug-likeness (QED) is 0.899. The molecule has 1 aliphatic heterocycles. The molecule has 5 nitrogen and oxygen atoms in total. The summed E-state index contributed by atoms with van der Waals surface area (Å²) in [6.45, 7) is 7.27. The van der Waals surface area contributed by atoms with E-state index in [2.05, 4.69) is 41.6 Å². The lowest BCUT2D eigenvalue weighted by Gasteiger charge is -2.12. The molecule has 0 aromatic carbocycles. The minimum absolute atomic E-state index is 0. The van der Waals surface area contributed by atoms with Crippen LogP contribution in [0, 0.1) is 0 Å². The summed E-state index contributed by atoms with van der Waals surface area (Å²) in [6.07, 6.45) is 2.76. The van der Waals surface area contributed by atoms with Crippen molar-refractivity contribution in [3.8, 4) is 0 Å². The smallest absolute Gasteiger partial charge is 0.227 e. The number of aromatic nitrogens is 2. The first kappa shape index (κ1) is 16.3. The maximum Gasteiger partial charge on any atom is 0.227 e. The standard InChI is InChI=1S/C12H20N4OS.ClH/c1-12(2,3)10-15-16-11(18-10)14-9(17)7-8-5-4-6-13-8;/h8,13H,4-7H2,1-3H3,(H,14,16,17);1H. The number of rotatable bonds is 3. The van der Waals surface area contributed by atoms with Crippen LogP contribution in [-0.2, 0) is 10.2 Å². The normalized spacial score (nSPS) is 19.0. The van der Waals surface area contributed by atoms with E-state index >= 15 is 0 Å². The fourth-order valence-electron chi connectivity index (χ4n) is 1.90. The zero-order valence-corrected chi connectivity index (χ0v) is 13.2. The minimum atomic E-state index is -0.0202. The molecule has 1 amide bonds. The Labute approximate surface area is 124 Å². The van der Waals surface area contributed by atoms with E-state index in [1.165, 1.54) is 11.3 Å². The number of halogens is 1. The van der Waals surface area contributed by atoms with Crippen LogP contribution in [0.15, 0.2) is 0 Å². The van der Waals surface area contributed by atoms with Gasteiger partial charge >= 0.3 is 0 Å². The van der Waals surface area contributed by atoms with E-state index in [0.29, 0.717) is 17.6 Å². The van der Waals surface area contributed by atoms with Gasteiger partial charge in [0.05, 0.1) is 0 Å². The van der Waals surface area contributed by atoms with E-state index in [-0.39, 0.29) is 23.7 Å². The summed E-state index contributed by atoms with van der Waals surface area (Å²) in [5.41, 5.74) is -0.0202. The fourth-order valence-corrected chi connectivity index (χ4v) is 2.72. The third-order valence-corrected chi connectivity index (χ3v) is 4.17. The van der Waals surface area contributed by atoms with Gasteiger partial charge in [-0.1, -0.05) is 32.1 Å². The molecule has 2 rings (SSSR count). The lowest BCUT2D eigenvalue weighted by atomic mass is 9.98. The number of nitrogens with zero attached hydrogens (tertiary/aromatic N) is 2. The minimum Gasteiger partial charge on any atom is -0.313 e. The molecule has 1 atom stereocenters. The summed E-state index contributed by atoms with van der Waals surface area (Å²) in [7, 11) is 0. The van der Waals surface area contributed by atoms with Crippen molar-refractivity contribution in [3.63, 3.8) is 0 Å². The van der Waals surface area contributed by atoms with Gasteiger partial charge < -0.3 is 10.6 Å². The highest BCUT2D eigenvalue weighted by Crippen LogP contribution is 2.27. The van der Waals surface area contributed by atoms with E-state index in [1.807, 2.05) is 0 Å². The summed E-state index contributed by atoms with van der Waals surface area (Å²) in [5.74, 6) is 0.0195. The summed E-state index contributed by atoms with van der Waals surface area (Å²) in [4.78, 5) is 11.8. The van der Waals surface area contributed by atoms with Gasteiger partial charge in [-0.3, -0.25) is 4.79 Å². The monoisotopic (exact) mass is 304 g/mol. The number of anilines is 1. The van der Waals surface area contributed by atoms with Crippen LogP contribution < -0.4 is 10.6 Å². The summed E-state index contributed by atoms with van der Waals surface area (Å²) in [6, 6.07) is 0.319. The zero-order chi connectivity index (χ0) is 13.2. The molecular weight excluding hydrogens is 284 g/mol. The average molecular weight is 305 g/mol. The Morgan fingerprint density at radius 2 is 2.21 bits per heavy atom. The zero-order valence-electron chi connectivity index (χ0n) is 11.5. The van der Waals surface area contributed by atoms with Crippen molar-refractivity contribution in [2.45, 2.75) is 51.5 Å². The van der Waals surface area contributed by atoms with Crippen molar-refractivity contribution in [2.24, 2.45) is 0 Å². The highest BCUT2D eigenvalue weighted by Gasteiger charge is 2.21. The van der Waals surface area contributed by atoms with Crippen LogP contribution >= 0.6 is 23.7 Å². The van der Waals surface area contributed by atoms with Crippen molar-refractivity contribution in [1.82, 2.24) is 15.5 Å². The van der Waals surface area contributed by atoms with Crippen molar-refractivity contribution < 1.29 is 4.79 Å². The predicted molar refractivity (Wildman–Crippen MR) is 80.1 cm³/mol. The number of hydrogen-bond donors (Lipinski definition) is 2. The third kappa shape index (κ3) is 4.71. The highest BCUT2D eigenvalue weighted by atomic mass is 35.5. The molecule has 1 saturated heterocycles. The molecule has 0 bridgehead atoms. The Kier molecular flexibility index (Phi) is 5.70. The second-order valence-corrected chi connectivity index (χ2v) is 6.69. The Morgan fingerprint density at radius 1 is 1.47 bits per heavy atom. The first-order chi connectivity index (χ1) is 8.45. The highest BCUT2D eigenvalue weighted by molar-refractivity contribution is 7.15. The van der Waals surface area contributed by atoms with Gasteiger partial charge in [0.25, 0.3) is 0 Å². The molecule has 19 heavy (non-hydrogen) atoms. The average Bonchev–Trinajstić information content (AvgIpc) is 2.87. The number of carbonyl (C=O) groups is 1. The van der Waals surface area contributed by atoms with E-state index in [0.717, 1.165) is 24.4 Å². The molecular formula is C12H21ClN4OS. The van der Waals surface area contributed by atoms with E-state index in [9.17, 15) is 4.79 Å². The molecule has 7 heteroatoms. The van der Waals surface area contributed by atoms with Gasteiger partial charge in [-0.15, -0.1) is 22.6 Å². The van der Waals surface area contributed by atoms with Crippen LogP contribution in [0.25, 0.3) is 0 Å². The molecule has 0 spiro atoms. The number of amides is 1. The Bertz CT molecular complexity index is 424. The molecule has 0 radical (unpaired) electrons. The van der Waals surface area contributed by atoms with Crippen LogP contribution in [0.5, 0.6) is 0 Å². The van der Waals surface area contributed by atoms with Gasteiger partial charge in [0.15, 0.2) is 0 Å². The fraction of sp³-hybridized carbons (Fsp3) is 0.750. The molecule has 108 valence electrons. The lowest BCUT2D eigenvalue weighted by Crippen LogP contribution is -2.27. The van der Waals surface area contributed by atoms with Gasteiger partial charge in [0, 0.05) is 17.9 Å². The van der Waals surface area contributed by atoms with E-state index in [4.69, 9.17) is 0 Å². The van der Waals surface area contributed by atoms with Crippen LogP contribution in [0.4, 0.5) is 5.13 Å². The Balaban J connectivity index is 0.00000180. The molecule has 1 aromatic rings. The van der Waals surface area contributed by atoms with E-state index < -0.39 is 0 Å². The SMILES string of the molecule is CC(C)(C)c1nnc(NC(=O)CC2CCCN2)s1.Cl. The van der Waals surface area contributed by atoms with Crippen molar-refractivity contribution in [2.75, 3.05) is 11.9 Å². The molecule has 2 heterocycles. The van der Waals surface area contributed by atoms with Gasteiger partial charge in [-0.05, 0) is 19.4 Å². The first-order valence-corrected chi connectivity index (χ1v) is 7.14. The molecule has 1 aromatic heterocycles. The predicted octanol–water partition coefficient (Wildman–Crippen LogP) is 2.34. The summed E-state index contributed by atoms with van der Waals surface area (Å²) < 4.78 is 0. The summed E-state index contributed by atoms with van der Waals surface area (Å²) in [5, 5.41) is 15.8. The van der Waals surface area contributed by atoms with Crippen LogP contribution in [-0.4, -0.2) is 28.7 Å². The first-order valence-electron chi connectivity index (χ1n) is 6.32. The van der Waals surface area contributed by atoms with Gasteiger partial charge in [0.1, 0.15) is 5.01 Å². The largest absolute Gasteiger partial charge is 0.313 e. The molecule has 1 unspecified atom stereocenters. The second kappa shape index (κ2) is 6.63. The Hall–Kier alpha value is -0.720. The van der Waals surface area contributed by atoms with Crippen molar-refractivity contribution >= 4 is 34.8 Å². The summed E-state index contributed by atoms with van der Waals surface area (Å²) >= 11 is 1.45. The molecule has 0 aliphatic carbocycles. The maximum atomic E-state index is 11.8. The molecule has 1 aliphatic rings. The van der Waals surface area contributed by atoms with Crippen molar-refractivity contribution in [3.05, 3.63) is 5.01 Å². The van der Waals surface area contributed by atoms with Crippen LogP contribution in [0.2, 0.25) is 0 Å². The molecule has 1 fully saturated rings. The number of nitrogens with one attached hydrogen (secondary N) is 2. The van der Waals surface area contributed by atoms with Gasteiger partial charge in [-0.25, -0.2) is 0 Å². The van der Waals surface area contributed by atoms with Gasteiger partial charge in [0.2, 0.25) is 11.0 Å². The Morgan fingerprint density at radius 3 is 2.74 bits per heavy atom. The van der Waals surface area contributed by atoms with E-state index in [1.54, 1.807) is 0 Å². The van der Waals surface area contributed by atoms with Crippen molar-refractivity contribution in [1.29, 1.82) is 0 Å². The number of hydrogen-bond acceptors (Lipinski definition) is 5.